The van der Waals surface area contributed by atoms with Gasteiger partial charge in [-0.2, -0.15) is 0 Å². The van der Waals surface area contributed by atoms with Crippen molar-refractivity contribution in [3.63, 3.8) is 0 Å². The van der Waals surface area contributed by atoms with Crippen LogP contribution >= 0.6 is 11.3 Å². The average molecular weight is 555 g/mol. The van der Waals surface area contributed by atoms with E-state index in [2.05, 4.69) is 0 Å². The van der Waals surface area contributed by atoms with Crippen molar-refractivity contribution in [3.8, 4) is 11.5 Å². The van der Waals surface area contributed by atoms with Crippen molar-refractivity contribution >= 4 is 35.0 Å². The van der Waals surface area contributed by atoms with Crippen LogP contribution in [0.3, 0.4) is 0 Å². The summed E-state index contributed by atoms with van der Waals surface area (Å²) in [4.78, 5) is 44.2. The van der Waals surface area contributed by atoms with Gasteiger partial charge in [-0.05, 0) is 48.4 Å². The van der Waals surface area contributed by atoms with Crippen molar-refractivity contribution in [2.24, 2.45) is 4.99 Å². The van der Waals surface area contributed by atoms with E-state index in [1.54, 1.807) is 50.4 Å². The Bertz CT molecular complexity index is 1800. The van der Waals surface area contributed by atoms with Gasteiger partial charge in [0.05, 0.1) is 35.6 Å². The number of carbonyl (C=O) groups excluding carboxylic acids is 2. The molecule has 1 aliphatic rings. The Kier molecular flexibility index (Phi) is 7.75. The fraction of sp³-hybridized carbons (Fsp3) is 0.161. The maximum atomic E-state index is 14.0. The van der Waals surface area contributed by atoms with Crippen molar-refractivity contribution in [1.29, 1.82) is 0 Å². The number of fused-ring (bicyclic) bond motifs is 1. The molecule has 0 radical (unpaired) electrons. The van der Waals surface area contributed by atoms with Gasteiger partial charge in [0.2, 0.25) is 0 Å². The highest BCUT2D eigenvalue weighted by Crippen LogP contribution is 2.36. The standard InChI is InChI=1S/C31H26N2O6S/c1-4-38-30(36)26-27(21-11-6-5-7-12-21)32-31-33(28(26)22-13-9-14-23(18-22)37-3)29(35)25(40-31)17-20-10-8-15-24(16-20)39-19(2)34/h5-18,28H,4H2,1-3H3/b25-17-/t28-/m0/s1. The number of ether oxygens (including phenoxy) is 3. The van der Waals surface area contributed by atoms with E-state index in [4.69, 9.17) is 19.2 Å². The highest BCUT2D eigenvalue weighted by Gasteiger charge is 2.35. The van der Waals surface area contributed by atoms with Crippen LogP contribution in [0.4, 0.5) is 0 Å². The van der Waals surface area contributed by atoms with E-state index in [1.165, 1.54) is 22.8 Å². The number of carbonyl (C=O) groups is 2. The van der Waals surface area contributed by atoms with Gasteiger partial charge in [0.15, 0.2) is 4.80 Å². The molecular formula is C31H26N2O6S. The third kappa shape index (κ3) is 5.37. The topological polar surface area (TPSA) is 96.2 Å². The highest BCUT2D eigenvalue weighted by atomic mass is 32.1. The van der Waals surface area contributed by atoms with Crippen molar-refractivity contribution in [2.75, 3.05) is 13.7 Å². The van der Waals surface area contributed by atoms with Crippen LogP contribution in [0, 0.1) is 0 Å². The number of esters is 2. The molecule has 8 nitrogen and oxygen atoms in total. The number of aromatic nitrogens is 1. The summed E-state index contributed by atoms with van der Waals surface area (Å²) in [5, 5.41) is 0. The Hall–Kier alpha value is -4.76. The fourth-order valence-corrected chi connectivity index (χ4v) is 5.55. The molecule has 0 unspecified atom stereocenters. The van der Waals surface area contributed by atoms with E-state index in [1.807, 2.05) is 48.5 Å². The Morgan fingerprint density at radius 2 is 1.75 bits per heavy atom. The average Bonchev–Trinajstić information content (AvgIpc) is 3.26. The molecule has 3 aromatic carbocycles. The van der Waals surface area contributed by atoms with Crippen LogP contribution in [0.5, 0.6) is 11.5 Å². The Morgan fingerprint density at radius 1 is 1.00 bits per heavy atom. The third-order valence-corrected chi connectivity index (χ3v) is 7.18. The smallest absolute Gasteiger partial charge is 0.338 e. The predicted octanol–water partition coefficient (Wildman–Crippen LogP) is 3.87. The zero-order valence-electron chi connectivity index (χ0n) is 22.1. The second-order valence-electron chi connectivity index (χ2n) is 8.87. The van der Waals surface area contributed by atoms with Gasteiger partial charge in [0.25, 0.3) is 5.56 Å². The number of hydrogen-bond acceptors (Lipinski definition) is 8. The van der Waals surface area contributed by atoms with E-state index in [0.29, 0.717) is 37.7 Å². The quantitative estimate of drug-likeness (QED) is 0.254. The zero-order valence-corrected chi connectivity index (χ0v) is 22.9. The lowest BCUT2D eigenvalue weighted by Gasteiger charge is -2.26. The molecule has 40 heavy (non-hydrogen) atoms. The van der Waals surface area contributed by atoms with Crippen molar-refractivity contribution in [2.45, 2.75) is 19.9 Å². The maximum Gasteiger partial charge on any atom is 0.338 e. The first-order valence-electron chi connectivity index (χ1n) is 12.6. The van der Waals surface area contributed by atoms with Crippen LogP contribution in [0.15, 0.2) is 94.2 Å². The first-order valence-corrected chi connectivity index (χ1v) is 13.4. The number of nitrogens with zero attached hydrogens (tertiary/aromatic N) is 2. The summed E-state index contributed by atoms with van der Waals surface area (Å²) >= 11 is 1.21. The molecule has 5 rings (SSSR count). The first-order chi connectivity index (χ1) is 19.4. The van der Waals surface area contributed by atoms with Crippen LogP contribution in [0.2, 0.25) is 0 Å². The molecule has 2 heterocycles. The summed E-state index contributed by atoms with van der Waals surface area (Å²) in [6.07, 6.45) is 1.72. The second-order valence-corrected chi connectivity index (χ2v) is 9.88. The Morgan fingerprint density at radius 3 is 2.48 bits per heavy atom. The molecule has 0 saturated carbocycles. The largest absolute Gasteiger partial charge is 0.497 e. The minimum Gasteiger partial charge on any atom is -0.497 e. The van der Waals surface area contributed by atoms with Gasteiger partial charge >= 0.3 is 11.9 Å². The molecule has 0 amide bonds. The number of methoxy groups -OCH3 is 1. The van der Waals surface area contributed by atoms with E-state index < -0.39 is 18.0 Å². The van der Waals surface area contributed by atoms with Crippen LogP contribution in [0.25, 0.3) is 11.8 Å². The summed E-state index contributed by atoms with van der Waals surface area (Å²) in [5.41, 5.74) is 2.47. The fourth-order valence-electron chi connectivity index (χ4n) is 4.55. The van der Waals surface area contributed by atoms with Crippen molar-refractivity contribution in [1.82, 2.24) is 4.57 Å². The van der Waals surface area contributed by atoms with E-state index in [0.717, 1.165) is 5.56 Å². The maximum absolute atomic E-state index is 14.0. The third-order valence-electron chi connectivity index (χ3n) is 6.20. The van der Waals surface area contributed by atoms with Crippen LogP contribution in [0.1, 0.15) is 36.6 Å². The summed E-state index contributed by atoms with van der Waals surface area (Å²) in [6.45, 7) is 3.23. The lowest BCUT2D eigenvalue weighted by Crippen LogP contribution is -2.40. The SMILES string of the molecule is CCOC(=O)C1=C(c2ccccc2)N=c2s/c(=C\c3cccc(OC(C)=O)c3)c(=O)n2[C@H]1c1cccc(OC)c1. The number of hydrogen-bond donors (Lipinski definition) is 0. The molecule has 0 fully saturated rings. The molecule has 202 valence electrons. The Labute approximate surface area is 234 Å². The molecular weight excluding hydrogens is 528 g/mol. The molecule has 1 atom stereocenters. The number of rotatable bonds is 7. The molecule has 0 aliphatic carbocycles. The molecule has 4 aromatic rings. The van der Waals surface area contributed by atoms with Crippen LogP contribution in [-0.4, -0.2) is 30.2 Å². The van der Waals surface area contributed by atoms with E-state index in [-0.39, 0.29) is 17.7 Å². The molecule has 1 aromatic heterocycles. The molecule has 0 N–H and O–H groups in total. The van der Waals surface area contributed by atoms with Crippen molar-refractivity contribution < 1.29 is 23.8 Å². The monoisotopic (exact) mass is 554 g/mol. The minimum absolute atomic E-state index is 0.165. The van der Waals surface area contributed by atoms with Gasteiger partial charge < -0.3 is 14.2 Å². The number of thiazole rings is 1. The molecule has 9 heteroatoms. The zero-order chi connectivity index (χ0) is 28.2. The predicted molar refractivity (Wildman–Crippen MR) is 152 cm³/mol. The van der Waals surface area contributed by atoms with E-state index in [9.17, 15) is 14.4 Å². The summed E-state index contributed by atoms with van der Waals surface area (Å²) in [5.74, 6) is -0.0290. The van der Waals surface area contributed by atoms with Crippen LogP contribution < -0.4 is 24.4 Å². The van der Waals surface area contributed by atoms with Crippen LogP contribution in [-0.2, 0) is 14.3 Å². The highest BCUT2D eigenvalue weighted by molar-refractivity contribution is 7.07. The summed E-state index contributed by atoms with van der Waals surface area (Å²) in [7, 11) is 1.56. The summed E-state index contributed by atoms with van der Waals surface area (Å²) < 4.78 is 18.1. The van der Waals surface area contributed by atoms with Crippen molar-refractivity contribution in [3.05, 3.63) is 121 Å². The second kappa shape index (κ2) is 11.5. The van der Waals surface area contributed by atoms with Gasteiger partial charge in [0, 0.05) is 12.5 Å². The molecule has 1 aliphatic heterocycles. The van der Waals surface area contributed by atoms with Gasteiger partial charge in [0.1, 0.15) is 11.5 Å². The molecule has 0 bridgehead atoms. The summed E-state index contributed by atoms with van der Waals surface area (Å²) in [6, 6.07) is 22.7. The lowest BCUT2D eigenvalue weighted by molar-refractivity contribution is -0.139. The molecule has 0 spiro atoms. The molecule has 0 saturated heterocycles. The van der Waals surface area contributed by atoms with Gasteiger partial charge in [-0.15, -0.1) is 0 Å². The van der Waals surface area contributed by atoms with E-state index >= 15 is 0 Å². The first kappa shape index (κ1) is 26.8. The van der Waals surface area contributed by atoms with Gasteiger partial charge in [-0.1, -0.05) is 65.9 Å². The Balaban J connectivity index is 1.79. The minimum atomic E-state index is -0.810. The number of benzene rings is 3. The normalized spacial score (nSPS) is 14.8. The van der Waals surface area contributed by atoms with Gasteiger partial charge in [-0.3, -0.25) is 14.2 Å². The van der Waals surface area contributed by atoms with Gasteiger partial charge in [-0.25, -0.2) is 9.79 Å². The lowest BCUT2D eigenvalue weighted by atomic mass is 9.93.